The minimum Gasteiger partial charge on any atom is -0.406 e. The summed E-state index contributed by atoms with van der Waals surface area (Å²) in [5, 5.41) is 4.50. The summed E-state index contributed by atoms with van der Waals surface area (Å²) in [5.41, 5.74) is 1.88. The van der Waals surface area contributed by atoms with Crippen LogP contribution in [0.1, 0.15) is 47.5 Å². The number of halogens is 3. The van der Waals surface area contributed by atoms with Crippen molar-refractivity contribution in [2.45, 2.75) is 44.5 Å². The highest BCUT2D eigenvalue weighted by Gasteiger charge is 2.35. The Balaban J connectivity index is 1.24. The SMILES string of the molecule is Cc1ccnc2ncn(Cc3nc([C@H]4C[C@H](c5ccc(OC(F)(F)F)cc5)C4)no3)c(=O)c12. The van der Waals surface area contributed by atoms with Crippen LogP contribution < -0.4 is 10.3 Å². The highest BCUT2D eigenvalue weighted by atomic mass is 19.4. The van der Waals surface area contributed by atoms with E-state index in [0.717, 1.165) is 24.0 Å². The maximum atomic E-state index is 12.8. The fourth-order valence-corrected chi connectivity index (χ4v) is 4.03. The summed E-state index contributed by atoms with van der Waals surface area (Å²) in [6.45, 7) is 1.92. The van der Waals surface area contributed by atoms with Crippen LogP contribution in [0.4, 0.5) is 13.2 Å². The summed E-state index contributed by atoms with van der Waals surface area (Å²) in [5.74, 6) is 0.885. The van der Waals surface area contributed by atoms with E-state index in [4.69, 9.17) is 4.52 Å². The molecule has 4 aromatic rings. The van der Waals surface area contributed by atoms with Crippen LogP contribution >= 0.6 is 0 Å². The molecule has 5 rings (SSSR count). The quantitative estimate of drug-likeness (QED) is 0.445. The maximum absolute atomic E-state index is 12.8. The molecule has 0 bridgehead atoms. The maximum Gasteiger partial charge on any atom is 0.573 e. The Morgan fingerprint density at radius 3 is 2.61 bits per heavy atom. The van der Waals surface area contributed by atoms with Gasteiger partial charge >= 0.3 is 6.36 Å². The zero-order valence-corrected chi connectivity index (χ0v) is 17.4. The van der Waals surface area contributed by atoms with Gasteiger partial charge in [0.1, 0.15) is 18.6 Å². The molecule has 0 atom stereocenters. The van der Waals surface area contributed by atoms with Gasteiger partial charge in [0.05, 0.1) is 5.39 Å². The molecular weight excluding hydrogens is 439 g/mol. The molecule has 1 aliphatic rings. The molecule has 0 amide bonds. The molecule has 3 aromatic heterocycles. The molecule has 1 aromatic carbocycles. The van der Waals surface area contributed by atoms with Gasteiger partial charge in [0.25, 0.3) is 5.56 Å². The van der Waals surface area contributed by atoms with Gasteiger partial charge in [0.2, 0.25) is 5.89 Å². The number of nitrogens with zero attached hydrogens (tertiary/aromatic N) is 5. The number of benzene rings is 1. The third-order valence-electron chi connectivity index (χ3n) is 5.81. The number of aromatic nitrogens is 5. The van der Waals surface area contributed by atoms with Crippen molar-refractivity contribution in [3.8, 4) is 5.75 Å². The van der Waals surface area contributed by atoms with Crippen LogP contribution in [0.25, 0.3) is 11.0 Å². The van der Waals surface area contributed by atoms with E-state index in [1.165, 1.54) is 23.0 Å². The first-order valence-electron chi connectivity index (χ1n) is 10.3. The molecule has 1 fully saturated rings. The Morgan fingerprint density at radius 2 is 1.88 bits per heavy atom. The number of hydrogen-bond acceptors (Lipinski definition) is 7. The van der Waals surface area contributed by atoms with Gasteiger partial charge in [-0.3, -0.25) is 9.36 Å². The van der Waals surface area contributed by atoms with Crippen molar-refractivity contribution in [1.29, 1.82) is 0 Å². The van der Waals surface area contributed by atoms with Crippen molar-refractivity contribution in [2.75, 3.05) is 0 Å². The molecule has 0 saturated heterocycles. The third kappa shape index (κ3) is 4.30. The lowest BCUT2D eigenvalue weighted by molar-refractivity contribution is -0.274. The monoisotopic (exact) mass is 457 g/mol. The minimum absolute atomic E-state index is 0.0801. The van der Waals surface area contributed by atoms with Crippen molar-refractivity contribution >= 4 is 11.0 Å². The van der Waals surface area contributed by atoms with Gasteiger partial charge in [0.15, 0.2) is 11.5 Å². The largest absolute Gasteiger partial charge is 0.573 e. The normalized spacial score (nSPS) is 18.3. The second-order valence-electron chi connectivity index (χ2n) is 8.03. The Labute approximate surface area is 185 Å². The summed E-state index contributed by atoms with van der Waals surface area (Å²) in [6, 6.07) is 7.66. The van der Waals surface area contributed by atoms with E-state index in [1.807, 2.05) is 6.92 Å². The molecular formula is C22H18F3N5O3. The molecule has 1 aliphatic carbocycles. The molecule has 33 heavy (non-hydrogen) atoms. The topological polar surface area (TPSA) is 95.9 Å². The van der Waals surface area contributed by atoms with Crippen LogP contribution in [0.5, 0.6) is 5.75 Å². The van der Waals surface area contributed by atoms with Gasteiger partial charge in [-0.15, -0.1) is 13.2 Å². The zero-order chi connectivity index (χ0) is 23.2. The lowest BCUT2D eigenvalue weighted by atomic mass is 9.71. The lowest BCUT2D eigenvalue weighted by Gasteiger charge is -2.33. The first-order valence-corrected chi connectivity index (χ1v) is 10.3. The summed E-state index contributed by atoms with van der Waals surface area (Å²) < 4.78 is 47.5. The van der Waals surface area contributed by atoms with Crippen molar-refractivity contribution in [1.82, 2.24) is 24.7 Å². The van der Waals surface area contributed by atoms with E-state index < -0.39 is 6.36 Å². The van der Waals surface area contributed by atoms with E-state index in [1.54, 1.807) is 24.4 Å². The summed E-state index contributed by atoms with van der Waals surface area (Å²) in [4.78, 5) is 25.6. The van der Waals surface area contributed by atoms with Gasteiger partial charge in [-0.05, 0) is 55.0 Å². The Kier molecular flexibility index (Phi) is 5.10. The second-order valence-corrected chi connectivity index (χ2v) is 8.03. The number of aryl methyl sites for hydroxylation is 1. The molecule has 8 nitrogen and oxygen atoms in total. The molecule has 0 spiro atoms. The lowest BCUT2D eigenvalue weighted by Crippen LogP contribution is -2.23. The van der Waals surface area contributed by atoms with Crippen LogP contribution in [0.15, 0.2) is 52.2 Å². The third-order valence-corrected chi connectivity index (χ3v) is 5.81. The number of alkyl halides is 3. The van der Waals surface area contributed by atoms with Crippen LogP contribution in [-0.2, 0) is 6.54 Å². The second kappa shape index (κ2) is 7.98. The van der Waals surface area contributed by atoms with Crippen molar-refractivity contribution in [3.63, 3.8) is 0 Å². The standard InChI is InChI=1S/C22H18F3N5O3/c1-12-6-7-26-20-18(12)21(31)30(11-27-20)10-17-28-19(29-33-17)15-8-14(9-15)13-2-4-16(5-3-13)32-22(23,24)25/h2-7,11,14-15H,8-10H2,1H3/t14-,15-. The van der Waals surface area contributed by atoms with Gasteiger partial charge in [-0.1, -0.05) is 17.3 Å². The number of hydrogen-bond donors (Lipinski definition) is 0. The predicted molar refractivity (Wildman–Crippen MR) is 110 cm³/mol. The smallest absolute Gasteiger partial charge is 0.406 e. The summed E-state index contributed by atoms with van der Waals surface area (Å²) in [7, 11) is 0. The molecule has 0 radical (unpaired) electrons. The molecule has 11 heteroatoms. The van der Waals surface area contributed by atoms with Crippen LogP contribution in [0.2, 0.25) is 0 Å². The predicted octanol–water partition coefficient (Wildman–Crippen LogP) is 4.09. The first-order chi connectivity index (χ1) is 15.8. The molecule has 1 saturated carbocycles. The average molecular weight is 457 g/mol. The molecule has 3 heterocycles. The Morgan fingerprint density at radius 1 is 1.12 bits per heavy atom. The summed E-state index contributed by atoms with van der Waals surface area (Å²) >= 11 is 0. The molecule has 0 aliphatic heterocycles. The van der Waals surface area contributed by atoms with E-state index >= 15 is 0 Å². The Bertz CT molecular complexity index is 1360. The van der Waals surface area contributed by atoms with Crippen LogP contribution in [-0.4, -0.2) is 31.0 Å². The fraction of sp³-hybridized carbons (Fsp3) is 0.318. The molecule has 170 valence electrons. The van der Waals surface area contributed by atoms with Crippen molar-refractivity contribution < 1.29 is 22.4 Å². The van der Waals surface area contributed by atoms with Gasteiger partial charge < -0.3 is 9.26 Å². The van der Waals surface area contributed by atoms with Crippen molar-refractivity contribution in [2.24, 2.45) is 0 Å². The average Bonchev–Trinajstić information content (AvgIpc) is 3.17. The molecule has 0 unspecified atom stereocenters. The fourth-order valence-electron chi connectivity index (χ4n) is 4.03. The van der Waals surface area contributed by atoms with Gasteiger partial charge in [-0.2, -0.15) is 4.98 Å². The van der Waals surface area contributed by atoms with Crippen molar-refractivity contribution in [3.05, 3.63) is 76.1 Å². The Hall–Kier alpha value is -3.76. The first kappa shape index (κ1) is 21.1. The van der Waals surface area contributed by atoms with E-state index in [-0.39, 0.29) is 29.7 Å². The van der Waals surface area contributed by atoms with Gasteiger partial charge in [0, 0.05) is 12.1 Å². The number of rotatable bonds is 5. The number of fused-ring (bicyclic) bond motifs is 1. The van der Waals surface area contributed by atoms with E-state index in [2.05, 4.69) is 24.8 Å². The van der Waals surface area contributed by atoms with Crippen LogP contribution in [0, 0.1) is 6.92 Å². The molecule has 0 N–H and O–H groups in total. The zero-order valence-electron chi connectivity index (χ0n) is 17.4. The number of pyridine rings is 1. The highest BCUT2D eigenvalue weighted by Crippen LogP contribution is 2.46. The van der Waals surface area contributed by atoms with Gasteiger partial charge in [-0.25, -0.2) is 9.97 Å². The minimum atomic E-state index is -4.71. The number of ether oxygens (including phenoxy) is 1. The highest BCUT2D eigenvalue weighted by molar-refractivity contribution is 5.76. The van der Waals surface area contributed by atoms with E-state index in [9.17, 15) is 18.0 Å². The van der Waals surface area contributed by atoms with Crippen LogP contribution in [0.3, 0.4) is 0 Å². The summed E-state index contributed by atoms with van der Waals surface area (Å²) in [6.07, 6.45) is -0.188. The van der Waals surface area contributed by atoms with E-state index in [0.29, 0.717) is 22.7 Å².